The van der Waals surface area contributed by atoms with E-state index in [9.17, 15) is 19.2 Å². The third-order valence-electron chi connectivity index (χ3n) is 2.35. The van der Waals surface area contributed by atoms with Crippen molar-refractivity contribution in [1.29, 1.82) is 0 Å². The molecular weight excluding hydrogens is 479 g/mol. The van der Waals surface area contributed by atoms with Crippen molar-refractivity contribution in [2.24, 2.45) is 5.73 Å². The summed E-state index contributed by atoms with van der Waals surface area (Å²) in [6.07, 6.45) is -1.37. The summed E-state index contributed by atoms with van der Waals surface area (Å²) < 4.78 is 7.78. The number of cyclic esters (lactones) is 1. The van der Waals surface area contributed by atoms with Crippen LogP contribution >= 0.6 is 23.2 Å². The predicted octanol–water partition coefficient (Wildman–Crippen LogP) is -1.00. The number of carbonyl (C=O) groups is 4. The average Bonchev–Trinajstić information content (AvgIpc) is 2.94. The van der Waals surface area contributed by atoms with E-state index in [1.165, 1.54) is 12.5 Å². The molecule has 0 fully saturated rings. The fraction of sp³-hybridized carbons (Fsp3) is 0.333. The number of aliphatic hydroxyl groups is 1. The van der Waals surface area contributed by atoms with E-state index in [1.807, 2.05) is 30.3 Å². The third kappa shape index (κ3) is 21.6. The fourth-order valence-electron chi connectivity index (χ4n) is 1.14. The molecule has 14 heteroatoms. The normalized spacial score (nSPS) is 12.9. The summed E-state index contributed by atoms with van der Waals surface area (Å²) in [5.74, 6) is -2.53. The Labute approximate surface area is 220 Å². The first kappa shape index (κ1) is 37.7. The van der Waals surface area contributed by atoms with Crippen LogP contribution in [0.3, 0.4) is 0 Å². The molecule has 1 aliphatic heterocycles. The van der Waals surface area contributed by atoms with E-state index in [-0.39, 0.29) is 47.0 Å². The molecule has 1 aromatic rings. The zero-order valence-electron chi connectivity index (χ0n) is 17.3. The minimum atomic E-state index is -1.37. The first-order chi connectivity index (χ1) is 14.0. The molecule has 0 aliphatic carbocycles. The monoisotopic (exact) mass is 502 g/mol. The van der Waals surface area contributed by atoms with Crippen molar-refractivity contribution in [2.45, 2.75) is 41.0 Å². The number of hydrogen-bond acceptors (Lipinski definition) is 10. The summed E-state index contributed by atoms with van der Waals surface area (Å²) in [5, 5.41) is 8.22. The Hall–Kier alpha value is -1.60. The maximum Gasteiger partial charge on any atom is 1.00 e. The second-order valence-electron chi connectivity index (χ2n) is 4.87. The Morgan fingerprint density at radius 1 is 1.06 bits per heavy atom. The number of nitrogens with two attached hydrogens (primary N) is 1. The molecule has 32 heavy (non-hydrogen) atoms. The van der Waals surface area contributed by atoms with E-state index in [0.717, 1.165) is 13.8 Å². The van der Waals surface area contributed by atoms with Crippen molar-refractivity contribution in [2.75, 3.05) is 0 Å². The standard InChI is InChI=1S/C7H9N.C4H2Cl2O3.C4H6O4.C2H3BO2.CH4.Na/c8-6-7-4-2-1-3-5-7;5-1-2(6)4(8)9-3(1)7;1-3(5)7-8-4(2)6;1-2(4)5-3;;/h1-5H,6,8H2;3,7H;1-2H3;1H3;1H4;/q;;;-1;;+1. The molecular formula is C18H24BCl2NNaO9. The van der Waals surface area contributed by atoms with Gasteiger partial charge in [-0.3, -0.25) is 4.79 Å². The number of benzene rings is 1. The van der Waals surface area contributed by atoms with E-state index in [0.29, 0.717) is 6.54 Å². The molecule has 0 amide bonds. The van der Waals surface area contributed by atoms with Crippen LogP contribution in [0.25, 0.3) is 0 Å². The van der Waals surface area contributed by atoms with Gasteiger partial charge in [0.05, 0.1) is 0 Å². The fourth-order valence-corrected chi connectivity index (χ4v) is 1.40. The summed E-state index contributed by atoms with van der Waals surface area (Å²) in [6, 6.07) is 9.99. The van der Waals surface area contributed by atoms with Crippen LogP contribution in [-0.4, -0.2) is 43.3 Å². The largest absolute Gasteiger partial charge is 1.00 e. The van der Waals surface area contributed by atoms with E-state index in [4.69, 9.17) is 34.0 Å². The van der Waals surface area contributed by atoms with Crippen molar-refractivity contribution in [3.8, 4) is 0 Å². The Morgan fingerprint density at radius 3 is 1.62 bits per heavy atom. The summed E-state index contributed by atoms with van der Waals surface area (Å²) in [4.78, 5) is 47.1. The van der Waals surface area contributed by atoms with Gasteiger partial charge in [0.25, 0.3) is 0 Å². The van der Waals surface area contributed by atoms with Gasteiger partial charge in [-0.05, 0) is 5.56 Å². The van der Waals surface area contributed by atoms with Crippen LogP contribution in [0.2, 0.25) is 0 Å². The number of carbonyl (C=O) groups excluding carboxylic acids is 4. The van der Waals surface area contributed by atoms with Crippen molar-refractivity contribution < 1.29 is 73.0 Å². The van der Waals surface area contributed by atoms with E-state index in [2.05, 4.69) is 27.2 Å². The number of ether oxygens (including phenoxy) is 1. The predicted molar refractivity (Wildman–Crippen MR) is 113 cm³/mol. The minimum Gasteiger partial charge on any atom is -0.793 e. The topological polar surface area (TPSA) is 151 Å². The van der Waals surface area contributed by atoms with Crippen molar-refractivity contribution >= 4 is 55.1 Å². The minimum absolute atomic E-state index is 0. The van der Waals surface area contributed by atoms with Gasteiger partial charge in [0.1, 0.15) is 10.1 Å². The Balaban J connectivity index is -0.000000163. The van der Waals surface area contributed by atoms with Gasteiger partial charge in [-0.25, -0.2) is 24.2 Å². The molecule has 1 atom stereocenters. The van der Waals surface area contributed by atoms with Crippen LogP contribution in [0, 0.1) is 0 Å². The van der Waals surface area contributed by atoms with Crippen LogP contribution in [0.5, 0.6) is 0 Å². The molecule has 0 spiro atoms. The Morgan fingerprint density at radius 2 is 1.47 bits per heavy atom. The molecule has 1 aliphatic rings. The molecule has 0 saturated carbocycles. The van der Waals surface area contributed by atoms with E-state index in [1.54, 1.807) is 0 Å². The van der Waals surface area contributed by atoms with Crippen molar-refractivity contribution in [1.82, 2.24) is 0 Å². The Bertz CT molecular complexity index is 722. The van der Waals surface area contributed by atoms with Gasteiger partial charge in [-0.1, -0.05) is 61.0 Å². The van der Waals surface area contributed by atoms with Gasteiger partial charge in [0.2, 0.25) is 12.3 Å². The van der Waals surface area contributed by atoms with Crippen LogP contribution < -0.4 is 35.3 Å². The molecule has 1 heterocycles. The van der Waals surface area contributed by atoms with Gasteiger partial charge in [0, 0.05) is 27.3 Å². The first-order valence-corrected chi connectivity index (χ1v) is 8.62. The van der Waals surface area contributed by atoms with E-state index >= 15 is 0 Å². The number of rotatable bonds is 1. The zero-order chi connectivity index (χ0) is 23.7. The summed E-state index contributed by atoms with van der Waals surface area (Å²) in [5.41, 5.74) is 6.54. The summed E-state index contributed by atoms with van der Waals surface area (Å²) >= 11 is 10.5. The zero-order valence-corrected chi connectivity index (χ0v) is 20.8. The molecule has 2 rings (SSSR count). The van der Waals surface area contributed by atoms with Crippen molar-refractivity contribution in [3.05, 3.63) is 46.0 Å². The number of halogens is 2. The maximum atomic E-state index is 10.3. The third-order valence-corrected chi connectivity index (χ3v) is 3.18. The molecule has 0 saturated heterocycles. The molecule has 1 unspecified atom stereocenters. The molecule has 0 aromatic heterocycles. The van der Waals surface area contributed by atoms with Crippen LogP contribution in [-0.2, 0) is 44.9 Å². The van der Waals surface area contributed by atoms with E-state index < -0.39 is 30.2 Å². The quantitative estimate of drug-likeness (QED) is 0.211. The number of aliphatic hydroxyl groups excluding tert-OH is 1. The van der Waals surface area contributed by atoms with Crippen molar-refractivity contribution in [3.63, 3.8) is 0 Å². The van der Waals surface area contributed by atoms with Gasteiger partial charge < -0.3 is 28.3 Å². The SMILES string of the molecule is C.CC(=O)OOC(C)=O.NCc1ccccc1.O=C1OC(O)C(Cl)=C1Cl.[B-]OC(C)=O.[Na+]. The second kappa shape index (κ2) is 22.6. The maximum absolute atomic E-state index is 10.3. The second-order valence-corrected chi connectivity index (χ2v) is 5.65. The van der Waals surface area contributed by atoms with Gasteiger partial charge >= 0.3 is 47.5 Å². The summed E-state index contributed by atoms with van der Waals surface area (Å²) in [6.45, 7) is 4.16. The van der Waals surface area contributed by atoms with Gasteiger partial charge in [0.15, 0.2) is 0 Å². The van der Waals surface area contributed by atoms with Crippen LogP contribution in [0.1, 0.15) is 33.8 Å². The first-order valence-electron chi connectivity index (χ1n) is 7.87. The molecule has 173 valence electrons. The van der Waals surface area contributed by atoms with Crippen LogP contribution in [0.15, 0.2) is 40.4 Å². The van der Waals surface area contributed by atoms with Gasteiger partial charge in [-0.15, -0.1) is 0 Å². The van der Waals surface area contributed by atoms with Gasteiger partial charge in [-0.2, -0.15) is 0 Å². The molecule has 3 radical (unpaired) electrons. The number of hydrogen-bond donors (Lipinski definition) is 2. The summed E-state index contributed by atoms with van der Waals surface area (Å²) in [7, 11) is 4.32. The molecule has 1 aromatic carbocycles. The molecule has 0 bridgehead atoms. The molecule has 10 nitrogen and oxygen atoms in total. The molecule has 3 N–H and O–H groups in total. The Kier molecular flexibility index (Phi) is 26.6. The van der Waals surface area contributed by atoms with Crippen LogP contribution in [0.4, 0.5) is 0 Å². The average molecular weight is 503 g/mol. The number of esters is 1. The smallest absolute Gasteiger partial charge is 0.793 e.